The van der Waals surface area contributed by atoms with E-state index in [1.807, 2.05) is 19.9 Å². The molecule has 44 valence electrons. The molecule has 0 aromatic carbocycles. The maximum absolute atomic E-state index is 3.77. The van der Waals surface area contributed by atoms with Gasteiger partial charge in [0.1, 0.15) is 0 Å². The van der Waals surface area contributed by atoms with Gasteiger partial charge >= 0.3 is 0 Å². The van der Waals surface area contributed by atoms with Crippen molar-refractivity contribution in [3.05, 3.63) is 24.4 Å². The standard InChI is InChI=1S/C7H11N/c1-4-8-6-5-7(2)3/h4-6H,1H2,2-3H3/b8-6-. The maximum atomic E-state index is 3.77. The molecule has 0 aliphatic heterocycles. The molecule has 0 atom stereocenters. The summed E-state index contributed by atoms with van der Waals surface area (Å²) in [5.74, 6) is 0. The summed E-state index contributed by atoms with van der Waals surface area (Å²) < 4.78 is 0. The molecule has 0 aromatic heterocycles. The molecule has 0 saturated carbocycles. The third-order valence-electron chi connectivity index (χ3n) is 0.599. The van der Waals surface area contributed by atoms with Crippen LogP contribution in [0.1, 0.15) is 13.8 Å². The molecule has 0 spiro atoms. The Morgan fingerprint density at radius 3 is 2.50 bits per heavy atom. The second-order valence-corrected chi connectivity index (χ2v) is 1.72. The second kappa shape index (κ2) is 4.31. The highest BCUT2D eigenvalue weighted by Gasteiger charge is 1.67. The van der Waals surface area contributed by atoms with Gasteiger partial charge in [-0.05, 0) is 19.9 Å². The van der Waals surface area contributed by atoms with Gasteiger partial charge in [0.2, 0.25) is 0 Å². The van der Waals surface area contributed by atoms with E-state index in [-0.39, 0.29) is 0 Å². The Morgan fingerprint density at radius 1 is 1.50 bits per heavy atom. The van der Waals surface area contributed by atoms with E-state index in [9.17, 15) is 0 Å². The summed E-state index contributed by atoms with van der Waals surface area (Å²) in [5, 5.41) is 0. The van der Waals surface area contributed by atoms with Gasteiger partial charge in [-0.25, -0.2) is 0 Å². The molecule has 0 N–H and O–H groups in total. The fourth-order valence-electron chi connectivity index (χ4n) is 0.253. The van der Waals surface area contributed by atoms with Crippen molar-refractivity contribution < 1.29 is 0 Å². The first-order valence-corrected chi connectivity index (χ1v) is 2.55. The van der Waals surface area contributed by atoms with Gasteiger partial charge in [0, 0.05) is 12.4 Å². The van der Waals surface area contributed by atoms with Crippen molar-refractivity contribution >= 4 is 6.21 Å². The van der Waals surface area contributed by atoms with Crippen molar-refractivity contribution in [2.24, 2.45) is 4.99 Å². The number of hydrogen-bond donors (Lipinski definition) is 0. The Morgan fingerprint density at radius 2 is 2.12 bits per heavy atom. The van der Waals surface area contributed by atoms with Crippen molar-refractivity contribution in [1.82, 2.24) is 0 Å². The van der Waals surface area contributed by atoms with Gasteiger partial charge in [-0.15, -0.1) is 0 Å². The average molecular weight is 109 g/mol. The van der Waals surface area contributed by atoms with Crippen LogP contribution in [0.25, 0.3) is 0 Å². The molecule has 0 saturated heterocycles. The van der Waals surface area contributed by atoms with Crippen LogP contribution >= 0.6 is 0 Å². The molecule has 0 fully saturated rings. The Balaban J connectivity index is 3.57. The molecular weight excluding hydrogens is 98.1 g/mol. The van der Waals surface area contributed by atoms with Crippen LogP contribution in [0, 0.1) is 0 Å². The van der Waals surface area contributed by atoms with Crippen LogP contribution in [-0.2, 0) is 0 Å². The summed E-state index contributed by atoms with van der Waals surface area (Å²) in [5.41, 5.74) is 1.25. The summed E-state index contributed by atoms with van der Waals surface area (Å²) in [4.78, 5) is 3.77. The van der Waals surface area contributed by atoms with Gasteiger partial charge in [-0.3, -0.25) is 4.99 Å². The molecule has 0 aliphatic rings. The molecule has 0 aromatic rings. The SMILES string of the molecule is C=C/N=C\C=C(C)C. The van der Waals surface area contributed by atoms with Crippen LogP contribution in [0.3, 0.4) is 0 Å². The third-order valence-corrected chi connectivity index (χ3v) is 0.599. The lowest BCUT2D eigenvalue weighted by Crippen LogP contribution is -1.64. The minimum absolute atomic E-state index is 1.25. The number of nitrogens with zero attached hydrogens (tertiary/aromatic N) is 1. The lowest BCUT2D eigenvalue weighted by atomic mass is 10.3. The van der Waals surface area contributed by atoms with Gasteiger partial charge in [0.05, 0.1) is 0 Å². The smallest absolute Gasteiger partial charge is 0.0266 e. The van der Waals surface area contributed by atoms with Crippen LogP contribution < -0.4 is 0 Å². The van der Waals surface area contributed by atoms with Gasteiger partial charge in [0.25, 0.3) is 0 Å². The largest absolute Gasteiger partial charge is 0.265 e. The molecule has 0 heterocycles. The third kappa shape index (κ3) is 5.15. The Kier molecular flexibility index (Phi) is 3.85. The van der Waals surface area contributed by atoms with E-state index in [1.165, 1.54) is 11.8 Å². The van der Waals surface area contributed by atoms with Gasteiger partial charge in [0.15, 0.2) is 0 Å². The quantitative estimate of drug-likeness (QED) is 0.482. The van der Waals surface area contributed by atoms with E-state index < -0.39 is 0 Å². The molecule has 8 heavy (non-hydrogen) atoms. The van der Waals surface area contributed by atoms with Gasteiger partial charge < -0.3 is 0 Å². The zero-order chi connectivity index (χ0) is 6.41. The van der Waals surface area contributed by atoms with Crippen LogP contribution in [0.15, 0.2) is 29.4 Å². The molecule has 0 radical (unpaired) electrons. The lowest BCUT2D eigenvalue weighted by Gasteiger charge is -1.78. The lowest BCUT2D eigenvalue weighted by molar-refractivity contribution is 1.40. The summed E-state index contributed by atoms with van der Waals surface area (Å²) in [6, 6.07) is 0. The van der Waals surface area contributed by atoms with E-state index in [0.717, 1.165) is 0 Å². The van der Waals surface area contributed by atoms with Crippen molar-refractivity contribution in [3.63, 3.8) is 0 Å². The summed E-state index contributed by atoms with van der Waals surface area (Å²) in [6.45, 7) is 7.48. The number of aliphatic imine (C=N–C) groups is 1. The first-order chi connectivity index (χ1) is 3.77. The second-order valence-electron chi connectivity index (χ2n) is 1.72. The predicted molar refractivity (Wildman–Crippen MR) is 38.1 cm³/mol. The van der Waals surface area contributed by atoms with E-state index in [1.54, 1.807) is 6.21 Å². The van der Waals surface area contributed by atoms with Crippen LogP contribution in [0.2, 0.25) is 0 Å². The minimum atomic E-state index is 1.25. The first-order valence-electron chi connectivity index (χ1n) is 2.55. The monoisotopic (exact) mass is 109 g/mol. The van der Waals surface area contributed by atoms with Crippen molar-refractivity contribution in [1.29, 1.82) is 0 Å². The topological polar surface area (TPSA) is 12.4 Å². The zero-order valence-electron chi connectivity index (χ0n) is 5.39. The average Bonchev–Trinajstić information content (AvgIpc) is 1.66. The summed E-state index contributed by atoms with van der Waals surface area (Å²) in [7, 11) is 0. The summed E-state index contributed by atoms with van der Waals surface area (Å²) in [6.07, 6.45) is 5.17. The highest BCUT2D eigenvalue weighted by Crippen LogP contribution is 1.83. The van der Waals surface area contributed by atoms with Crippen molar-refractivity contribution in [3.8, 4) is 0 Å². The fraction of sp³-hybridized carbons (Fsp3) is 0.286. The highest BCUT2D eigenvalue weighted by molar-refractivity contribution is 5.72. The molecule has 1 nitrogen and oxygen atoms in total. The van der Waals surface area contributed by atoms with Crippen LogP contribution in [-0.4, -0.2) is 6.21 Å². The van der Waals surface area contributed by atoms with Crippen molar-refractivity contribution in [2.75, 3.05) is 0 Å². The first kappa shape index (κ1) is 7.15. The van der Waals surface area contributed by atoms with E-state index in [0.29, 0.717) is 0 Å². The molecule has 0 unspecified atom stereocenters. The van der Waals surface area contributed by atoms with E-state index in [4.69, 9.17) is 0 Å². The molecule has 0 bridgehead atoms. The fourth-order valence-corrected chi connectivity index (χ4v) is 0.253. The van der Waals surface area contributed by atoms with E-state index in [2.05, 4.69) is 11.6 Å². The number of rotatable bonds is 2. The van der Waals surface area contributed by atoms with Crippen LogP contribution in [0.5, 0.6) is 0 Å². The van der Waals surface area contributed by atoms with Gasteiger partial charge in [-0.1, -0.05) is 12.2 Å². The molecule has 0 rings (SSSR count). The summed E-state index contributed by atoms with van der Waals surface area (Å²) >= 11 is 0. The Labute approximate surface area is 50.4 Å². The Hall–Kier alpha value is -0.850. The van der Waals surface area contributed by atoms with Gasteiger partial charge in [-0.2, -0.15) is 0 Å². The maximum Gasteiger partial charge on any atom is 0.0266 e. The Bertz CT molecular complexity index is 116. The molecule has 0 aliphatic carbocycles. The van der Waals surface area contributed by atoms with E-state index >= 15 is 0 Å². The predicted octanol–water partition coefficient (Wildman–Crippen LogP) is 2.17. The number of allylic oxidation sites excluding steroid dienone is 2. The highest BCUT2D eigenvalue weighted by atomic mass is 14.6. The van der Waals surface area contributed by atoms with Crippen molar-refractivity contribution in [2.45, 2.75) is 13.8 Å². The molecular formula is C7H11N. The molecule has 0 amide bonds. The zero-order valence-corrected chi connectivity index (χ0v) is 5.39. The normalized spacial score (nSPS) is 9.25. The molecule has 1 heteroatoms. The van der Waals surface area contributed by atoms with Crippen LogP contribution in [0.4, 0.5) is 0 Å². The number of hydrogen-bond acceptors (Lipinski definition) is 1. The minimum Gasteiger partial charge on any atom is -0.265 e.